The number of anilines is 1. The topological polar surface area (TPSA) is 35.2 Å². The first kappa shape index (κ1) is 7.36. The zero-order valence-electron chi connectivity index (χ0n) is 5.79. The van der Waals surface area contributed by atoms with Crippen LogP contribution < -0.4 is 10.3 Å². The van der Waals surface area contributed by atoms with Crippen molar-refractivity contribution in [2.24, 2.45) is 0 Å². The van der Waals surface area contributed by atoms with Gasteiger partial charge in [0.2, 0.25) is 0 Å². The van der Waals surface area contributed by atoms with Gasteiger partial charge in [-0.3, -0.25) is 0 Å². The SMILES string of the molecule is Cc1ccc(OP)c(N)c1. The molecule has 0 aliphatic carbocycles. The van der Waals surface area contributed by atoms with Gasteiger partial charge in [-0.15, -0.1) is 0 Å². The average molecular weight is 155 g/mol. The Morgan fingerprint density at radius 3 is 2.70 bits per heavy atom. The van der Waals surface area contributed by atoms with Gasteiger partial charge in [-0.1, -0.05) is 6.07 Å². The molecule has 0 fully saturated rings. The van der Waals surface area contributed by atoms with Crippen LogP contribution in [-0.2, 0) is 0 Å². The molecule has 1 rings (SSSR count). The molecule has 0 radical (unpaired) electrons. The Labute approximate surface area is 62.7 Å². The first-order valence-corrected chi connectivity index (χ1v) is 3.44. The first-order chi connectivity index (χ1) is 4.74. The van der Waals surface area contributed by atoms with E-state index >= 15 is 0 Å². The molecule has 0 saturated heterocycles. The van der Waals surface area contributed by atoms with E-state index in [9.17, 15) is 0 Å². The zero-order chi connectivity index (χ0) is 7.56. The standard InChI is InChI=1S/C7H10NOP/c1-5-2-3-7(9-10)6(8)4-5/h2-4H,8,10H2,1H3. The largest absolute Gasteiger partial charge is 0.478 e. The van der Waals surface area contributed by atoms with Gasteiger partial charge in [0.25, 0.3) is 0 Å². The van der Waals surface area contributed by atoms with Crippen LogP contribution in [0.25, 0.3) is 0 Å². The van der Waals surface area contributed by atoms with Crippen molar-refractivity contribution in [2.75, 3.05) is 5.73 Å². The molecule has 0 saturated carbocycles. The Balaban J connectivity index is 3.07. The van der Waals surface area contributed by atoms with Crippen molar-refractivity contribution in [1.82, 2.24) is 0 Å². The monoisotopic (exact) mass is 155 g/mol. The molecule has 54 valence electrons. The number of rotatable bonds is 1. The summed E-state index contributed by atoms with van der Waals surface area (Å²) in [6.07, 6.45) is 0. The summed E-state index contributed by atoms with van der Waals surface area (Å²) in [4.78, 5) is 0. The van der Waals surface area contributed by atoms with Crippen molar-refractivity contribution in [3.05, 3.63) is 23.8 Å². The number of hydrogen-bond donors (Lipinski definition) is 1. The van der Waals surface area contributed by atoms with Gasteiger partial charge >= 0.3 is 0 Å². The van der Waals surface area contributed by atoms with Crippen molar-refractivity contribution in [3.8, 4) is 5.75 Å². The quantitative estimate of drug-likeness (QED) is 0.495. The summed E-state index contributed by atoms with van der Waals surface area (Å²) < 4.78 is 4.89. The molecule has 2 N–H and O–H groups in total. The number of nitrogens with two attached hydrogens (primary N) is 1. The second-order valence-electron chi connectivity index (χ2n) is 2.16. The van der Waals surface area contributed by atoms with Crippen LogP contribution in [0.2, 0.25) is 0 Å². The van der Waals surface area contributed by atoms with Crippen LogP contribution >= 0.6 is 9.47 Å². The maximum Gasteiger partial charge on any atom is 0.145 e. The Bertz CT molecular complexity index is 237. The minimum Gasteiger partial charge on any atom is -0.478 e. The second kappa shape index (κ2) is 2.89. The summed E-state index contributed by atoms with van der Waals surface area (Å²) in [7, 11) is 2.16. The van der Waals surface area contributed by atoms with Gasteiger partial charge in [0.05, 0.1) is 15.2 Å². The molecule has 3 heteroatoms. The first-order valence-electron chi connectivity index (χ1n) is 2.97. The van der Waals surface area contributed by atoms with Crippen LogP contribution in [-0.4, -0.2) is 0 Å². The third-order valence-electron chi connectivity index (χ3n) is 1.29. The van der Waals surface area contributed by atoms with Crippen molar-refractivity contribution in [1.29, 1.82) is 0 Å². The number of aryl methyl sites for hydroxylation is 1. The summed E-state index contributed by atoms with van der Waals surface area (Å²) in [6.45, 7) is 1.99. The molecule has 1 aromatic carbocycles. The number of benzene rings is 1. The van der Waals surface area contributed by atoms with E-state index in [1.807, 2.05) is 25.1 Å². The van der Waals surface area contributed by atoms with Crippen LogP contribution in [0.3, 0.4) is 0 Å². The highest BCUT2D eigenvalue weighted by Gasteiger charge is 1.95. The lowest BCUT2D eigenvalue weighted by Gasteiger charge is -2.02. The third-order valence-corrected chi connectivity index (χ3v) is 1.55. The van der Waals surface area contributed by atoms with Gasteiger partial charge in [-0.25, -0.2) is 0 Å². The maximum absolute atomic E-state index is 5.59. The van der Waals surface area contributed by atoms with E-state index < -0.39 is 0 Å². The summed E-state index contributed by atoms with van der Waals surface area (Å²) in [6, 6.07) is 5.67. The van der Waals surface area contributed by atoms with E-state index in [1.54, 1.807) is 0 Å². The highest BCUT2D eigenvalue weighted by atomic mass is 31.0. The Morgan fingerprint density at radius 1 is 1.50 bits per heavy atom. The molecule has 0 aromatic heterocycles. The summed E-state index contributed by atoms with van der Waals surface area (Å²) in [5, 5.41) is 0. The molecule has 2 nitrogen and oxygen atoms in total. The fourth-order valence-corrected chi connectivity index (χ4v) is 0.990. The van der Waals surface area contributed by atoms with E-state index in [1.165, 1.54) is 0 Å². The van der Waals surface area contributed by atoms with E-state index in [-0.39, 0.29) is 0 Å². The molecular weight excluding hydrogens is 145 g/mol. The molecule has 0 aliphatic heterocycles. The lowest BCUT2D eigenvalue weighted by molar-refractivity contribution is 0.649. The van der Waals surface area contributed by atoms with E-state index in [0.29, 0.717) is 11.4 Å². The van der Waals surface area contributed by atoms with Gasteiger partial charge in [0.15, 0.2) is 0 Å². The van der Waals surface area contributed by atoms with Crippen molar-refractivity contribution in [2.45, 2.75) is 6.92 Å². The molecule has 0 bridgehead atoms. The highest BCUT2D eigenvalue weighted by molar-refractivity contribution is 7.10. The Hall–Kier alpha value is -0.750. The molecule has 0 amide bonds. The minimum absolute atomic E-state index is 0.676. The van der Waals surface area contributed by atoms with Gasteiger partial charge < -0.3 is 10.3 Å². The van der Waals surface area contributed by atoms with Gasteiger partial charge in [0.1, 0.15) is 5.75 Å². The molecular formula is C7H10NOP. The summed E-state index contributed by atoms with van der Waals surface area (Å²) in [5.74, 6) is 0.704. The van der Waals surface area contributed by atoms with Crippen LogP contribution in [0.4, 0.5) is 5.69 Å². The zero-order valence-corrected chi connectivity index (χ0v) is 6.95. The van der Waals surface area contributed by atoms with Crippen molar-refractivity contribution in [3.63, 3.8) is 0 Å². The van der Waals surface area contributed by atoms with Crippen molar-refractivity contribution >= 4 is 15.2 Å². The van der Waals surface area contributed by atoms with Crippen molar-refractivity contribution < 1.29 is 4.52 Å². The molecule has 0 aliphatic rings. The normalized spacial score (nSPS) is 9.40. The predicted molar refractivity (Wildman–Crippen MR) is 45.9 cm³/mol. The van der Waals surface area contributed by atoms with Crippen LogP contribution in [0.15, 0.2) is 18.2 Å². The lowest BCUT2D eigenvalue weighted by atomic mass is 10.2. The van der Waals surface area contributed by atoms with Crippen LogP contribution in [0, 0.1) is 6.92 Å². The Morgan fingerprint density at radius 2 is 2.20 bits per heavy atom. The smallest absolute Gasteiger partial charge is 0.145 e. The molecule has 1 atom stereocenters. The number of nitrogen functional groups attached to an aromatic ring is 1. The summed E-state index contributed by atoms with van der Waals surface area (Å²) >= 11 is 0. The fraction of sp³-hybridized carbons (Fsp3) is 0.143. The van der Waals surface area contributed by atoms with Gasteiger partial charge in [-0.05, 0) is 24.6 Å². The minimum atomic E-state index is 0.676. The fourth-order valence-electron chi connectivity index (χ4n) is 0.775. The lowest BCUT2D eigenvalue weighted by Crippen LogP contribution is -1.88. The summed E-state index contributed by atoms with van der Waals surface area (Å²) in [5.41, 5.74) is 7.41. The second-order valence-corrected chi connectivity index (χ2v) is 2.39. The Kier molecular flexibility index (Phi) is 2.13. The van der Waals surface area contributed by atoms with Gasteiger partial charge in [-0.2, -0.15) is 0 Å². The van der Waals surface area contributed by atoms with Gasteiger partial charge in [0, 0.05) is 0 Å². The molecule has 10 heavy (non-hydrogen) atoms. The average Bonchev–Trinajstić information content (AvgIpc) is 1.88. The van der Waals surface area contributed by atoms with E-state index in [2.05, 4.69) is 9.47 Å². The van der Waals surface area contributed by atoms with Crippen LogP contribution in [0.5, 0.6) is 5.75 Å². The highest BCUT2D eigenvalue weighted by Crippen LogP contribution is 2.23. The molecule has 1 unspecified atom stereocenters. The molecule has 0 spiro atoms. The molecule has 0 heterocycles. The maximum atomic E-state index is 5.59. The number of hydrogen-bond acceptors (Lipinski definition) is 2. The van der Waals surface area contributed by atoms with E-state index in [4.69, 9.17) is 10.3 Å². The molecule has 1 aromatic rings. The predicted octanol–water partition coefficient (Wildman–Crippen LogP) is 1.75. The third kappa shape index (κ3) is 1.39. The van der Waals surface area contributed by atoms with E-state index in [0.717, 1.165) is 5.56 Å². The van der Waals surface area contributed by atoms with Crippen LogP contribution in [0.1, 0.15) is 5.56 Å².